The van der Waals surface area contributed by atoms with Crippen LogP contribution in [-0.4, -0.2) is 61.1 Å². The van der Waals surface area contributed by atoms with Gasteiger partial charge in [0.2, 0.25) is 11.8 Å². The molecule has 0 radical (unpaired) electrons. The Balaban J connectivity index is 2.10. The molecule has 1 unspecified atom stereocenters. The number of carboxylic acid groups (broad SMARTS) is 1. The summed E-state index contributed by atoms with van der Waals surface area (Å²) in [7, 11) is 1.44. The molecule has 1 N–H and O–H groups in total. The fourth-order valence-electron chi connectivity index (χ4n) is 2.64. The maximum absolute atomic E-state index is 13.0. The minimum Gasteiger partial charge on any atom is -0.480 e. The summed E-state index contributed by atoms with van der Waals surface area (Å²) in [6.45, 7) is 0.123. The van der Waals surface area contributed by atoms with E-state index in [9.17, 15) is 18.8 Å². The highest BCUT2D eigenvalue weighted by Gasteiger charge is 2.40. The van der Waals surface area contributed by atoms with Crippen molar-refractivity contribution in [2.45, 2.75) is 6.42 Å². The predicted octanol–water partition coefficient (Wildman–Crippen LogP) is 0.738. The zero-order valence-corrected chi connectivity index (χ0v) is 13.3. The molecule has 1 aromatic rings. The van der Waals surface area contributed by atoms with Crippen LogP contribution in [0.3, 0.4) is 0 Å². The molecule has 1 fully saturated rings. The first-order chi connectivity index (χ1) is 11.4. The molecule has 0 aromatic heterocycles. The van der Waals surface area contributed by atoms with Crippen LogP contribution < -0.4 is 4.90 Å². The highest BCUT2D eigenvalue weighted by molar-refractivity contribution is 6.09. The Bertz CT molecular complexity index is 619. The fourth-order valence-corrected chi connectivity index (χ4v) is 2.64. The van der Waals surface area contributed by atoms with Crippen molar-refractivity contribution in [3.05, 3.63) is 30.1 Å². The number of carbonyl (C=O) groups excluding carboxylic acids is 2. The minimum atomic E-state index is -1.15. The number of aliphatic carboxylic acids is 1. The van der Waals surface area contributed by atoms with Gasteiger partial charge in [0.1, 0.15) is 18.3 Å². The quantitative estimate of drug-likeness (QED) is 0.741. The Morgan fingerprint density at radius 1 is 1.38 bits per heavy atom. The highest BCUT2D eigenvalue weighted by Crippen LogP contribution is 2.26. The van der Waals surface area contributed by atoms with Crippen LogP contribution in [0.5, 0.6) is 0 Å². The van der Waals surface area contributed by atoms with E-state index < -0.39 is 36.1 Å². The van der Waals surface area contributed by atoms with Crippen LogP contribution in [0.4, 0.5) is 10.1 Å². The molecule has 2 amide bonds. The number of benzene rings is 1. The molecule has 0 spiro atoms. The Morgan fingerprint density at radius 3 is 2.62 bits per heavy atom. The molecule has 0 saturated carbocycles. The van der Waals surface area contributed by atoms with Gasteiger partial charge in [0.05, 0.1) is 6.61 Å². The van der Waals surface area contributed by atoms with E-state index in [1.807, 2.05) is 0 Å². The molecule has 7 nitrogen and oxygen atoms in total. The second-order valence-corrected chi connectivity index (χ2v) is 5.45. The summed E-state index contributed by atoms with van der Waals surface area (Å²) in [6, 6.07) is 5.43. The van der Waals surface area contributed by atoms with Gasteiger partial charge in [-0.25, -0.2) is 4.39 Å². The van der Waals surface area contributed by atoms with Crippen molar-refractivity contribution in [1.29, 1.82) is 0 Å². The SMILES string of the molecule is COCCN(CC(=O)O)C(=O)C1CCN(c2ccc(F)cc2)C1=O. The monoisotopic (exact) mass is 338 g/mol. The average Bonchev–Trinajstić information content (AvgIpc) is 2.93. The van der Waals surface area contributed by atoms with E-state index in [-0.39, 0.29) is 19.6 Å². The zero-order chi connectivity index (χ0) is 17.7. The Morgan fingerprint density at radius 2 is 2.04 bits per heavy atom. The van der Waals surface area contributed by atoms with Gasteiger partial charge in [0.25, 0.3) is 0 Å². The molecule has 1 aliphatic heterocycles. The summed E-state index contributed by atoms with van der Waals surface area (Å²) in [4.78, 5) is 38.5. The number of methoxy groups -OCH3 is 1. The van der Waals surface area contributed by atoms with Crippen molar-refractivity contribution in [2.24, 2.45) is 5.92 Å². The number of hydrogen-bond acceptors (Lipinski definition) is 4. The topological polar surface area (TPSA) is 87.2 Å². The van der Waals surface area contributed by atoms with E-state index >= 15 is 0 Å². The van der Waals surface area contributed by atoms with Gasteiger partial charge < -0.3 is 19.6 Å². The van der Waals surface area contributed by atoms with Crippen molar-refractivity contribution in [1.82, 2.24) is 4.90 Å². The number of carbonyl (C=O) groups is 3. The number of amides is 2. The molecular formula is C16H19FN2O5. The van der Waals surface area contributed by atoms with Gasteiger partial charge in [-0.1, -0.05) is 0 Å². The third-order valence-corrected chi connectivity index (χ3v) is 3.85. The summed E-state index contributed by atoms with van der Waals surface area (Å²) in [5, 5.41) is 8.93. The molecule has 0 aliphatic carbocycles. The standard InChI is InChI=1S/C16H19FN2O5/c1-24-9-8-18(10-14(20)21)15(22)13-6-7-19(16(13)23)12-4-2-11(17)3-5-12/h2-5,13H,6-10H2,1H3,(H,20,21). The normalized spacial score (nSPS) is 17.2. The van der Waals surface area contributed by atoms with Gasteiger partial charge in [-0.3, -0.25) is 14.4 Å². The van der Waals surface area contributed by atoms with Gasteiger partial charge in [-0.15, -0.1) is 0 Å². The molecule has 24 heavy (non-hydrogen) atoms. The number of ether oxygens (including phenoxy) is 1. The van der Waals surface area contributed by atoms with E-state index in [1.165, 1.54) is 36.3 Å². The van der Waals surface area contributed by atoms with Crippen molar-refractivity contribution < 1.29 is 28.6 Å². The maximum Gasteiger partial charge on any atom is 0.323 e. The Labute approximate surface area is 138 Å². The second kappa shape index (κ2) is 7.87. The number of anilines is 1. The van der Waals surface area contributed by atoms with Crippen LogP contribution in [-0.2, 0) is 19.1 Å². The largest absolute Gasteiger partial charge is 0.480 e. The van der Waals surface area contributed by atoms with Gasteiger partial charge in [-0.05, 0) is 30.7 Å². The fraction of sp³-hybridized carbons (Fsp3) is 0.438. The molecule has 1 heterocycles. The van der Waals surface area contributed by atoms with E-state index in [4.69, 9.17) is 9.84 Å². The summed E-state index contributed by atoms with van der Waals surface area (Å²) >= 11 is 0. The lowest BCUT2D eigenvalue weighted by molar-refractivity contribution is -0.148. The van der Waals surface area contributed by atoms with Crippen molar-refractivity contribution in [3.8, 4) is 0 Å². The highest BCUT2D eigenvalue weighted by atomic mass is 19.1. The molecule has 1 atom stereocenters. The van der Waals surface area contributed by atoms with E-state index in [1.54, 1.807) is 0 Å². The molecule has 0 bridgehead atoms. The van der Waals surface area contributed by atoms with Crippen LogP contribution in [0.15, 0.2) is 24.3 Å². The number of rotatable bonds is 7. The molecule has 2 rings (SSSR count). The summed E-state index contributed by atoms with van der Waals surface area (Å²) in [5.74, 6) is -3.42. The van der Waals surface area contributed by atoms with Crippen LogP contribution in [0.2, 0.25) is 0 Å². The van der Waals surface area contributed by atoms with Crippen molar-refractivity contribution in [3.63, 3.8) is 0 Å². The summed E-state index contributed by atoms with van der Waals surface area (Å²) in [6.07, 6.45) is 0.290. The Hall–Kier alpha value is -2.48. The van der Waals surface area contributed by atoms with E-state index in [0.717, 1.165) is 4.90 Å². The molecule has 1 aliphatic rings. The first kappa shape index (κ1) is 17.9. The Kier molecular flexibility index (Phi) is 5.86. The number of halogens is 1. The van der Waals surface area contributed by atoms with Crippen LogP contribution in [0, 0.1) is 11.7 Å². The predicted molar refractivity (Wildman–Crippen MR) is 83.0 cm³/mol. The average molecular weight is 338 g/mol. The van der Waals surface area contributed by atoms with Crippen LogP contribution >= 0.6 is 0 Å². The molecular weight excluding hydrogens is 319 g/mol. The number of carboxylic acids is 1. The lowest BCUT2D eigenvalue weighted by Gasteiger charge is -2.23. The van der Waals surface area contributed by atoms with Gasteiger partial charge in [0, 0.05) is 25.9 Å². The number of nitrogens with zero attached hydrogens (tertiary/aromatic N) is 2. The molecule has 1 aromatic carbocycles. The van der Waals surface area contributed by atoms with Crippen LogP contribution in [0.1, 0.15) is 6.42 Å². The van der Waals surface area contributed by atoms with Crippen molar-refractivity contribution in [2.75, 3.05) is 38.3 Å². The minimum absolute atomic E-state index is 0.0992. The lowest BCUT2D eigenvalue weighted by Crippen LogP contribution is -2.44. The first-order valence-electron chi connectivity index (χ1n) is 7.50. The number of hydrogen-bond donors (Lipinski definition) is 1. The second-order valence-electron chi connectivity index (χ2n) is 5.45. The molecule has 1 saturated heterocycles. The van der Waals surface area contributed by atoms with E-state index in [0.29, 0.717) is 12.2 Å². The van der Waals surface area contributed by atoms with Gasteiger partial charge in [0.15, 0.2) is 0 Å². The van der Waals surface area contributed by atoms with Crippen molar-refractivity contribution >= 4 is 23.5 Å². The summed E-state index contributed by atoms with van der Waals surface area (Å²) in [5.41, 5.74) is 0.512. The smallest absolute Gasteiger partial charge is 0.323 e. The third kappa shape index (κ3) is 4.08. The zero-order valence-electron chi connectivity index (χ0n) is 13.3. The van der Waals surface area contributed by atoms with Crippen LogP contribution in [0.25, 0.3) is 0 Å². The lowest BCUT2D eigenvalue weighted by atomic mass is 10.1. The third-order valence-electron chi connectivity index (χ3n) is 3.85. The van der Waals surface area contributed by atoms with Gasteiger partial charge >= 0.3 is 5.97 Å². The summed E-state index contributed by atoms with van der Waals surface area (Å²) < 4.78 is 17.9. The molecule has 130 valence electrons. The molecule has 8 heteroatoms. The first-order valence-corrected chi connectivity index (χ1v) is 7.50. The maximum atomic E-state index is 13.0. The van der Waals surface area contributed by atoms with E-state index in [2.05, 4.69) is 0 Å². The van der Waals surface area contributed by atoms with Gasteiger partial charge in [-0.2, -0.15) is 0 Å².